The molecular formula is C17H11Br2F3N2O2. The van der Waals surface area contributed by atoms with Gasteiger partial charge in [0, 0.05) is 8.95 Å². The molecule has 2 aromatic rings. The summed E-state index contributed by atoms with van der Waals surface area (Å²) in [4.78, 5) is 12.7. The molecule has 0 bridgehead atoms. The van der Waals surface area contributed by atoms with Gasteiger partial charge in [-0.2, -0.15) is 23.3 Å². The van der Waals surface area contributed by atoms with Gasteiger partial charge in [-0.15, -0.1) is 0 Å². The van der Waals surface area contributed by atoms with E-state index in [2.05, 4.69) is 37.0 Å². The summed E-state index contributed by atoms with van der Waals surface area (Å²) >= 11 is 6.38. The molecule has 0 saturated heterocycles. The fraction of sp³-hybridized carbons (Fsp3) is 0.176. The summed E-state index contributed by atoms with van der Waals surface area (Å²) in [6.07, 6.45) is -5.93. The molecular weight excluding hydrogens is 481 g/mol. The maximum Gasteiger partial charge on any atom is 0.438 e. The number of hydrazone groups is 1. The van der Waals surface area contributed by atoms with Gasteiger partial charge in [0.25, 0.3) is 11.6 Å². The molecule has 9 heteroatoms. The number of amides is 1. The Morgan fingerprint density at radius 2 is 1.73 bits per heavy atom. The molecule has 1 heterocycles. The fourth-order valence-corrected chi connectivity index (χ4v) is 3.25. The second-order valence-corrected chi connectivity index (χ2v) is 7.41. The molecule has 0 fully saturated rings. The van der Waals surface area contributed by atoms with Crippen molar-refractivity contribution in [2.75, 3.05) is 0 Å². The van der Waals surface area contributed by atoms with Gasteiger partial charge in [0.1, 0.15) is 0 Å². The first kappa shape index (κ1) is 19.1. The van der Waals surface area contributed by atoms with Crippen molar-refractivity contribution in [2.24, 2.45) is 5.10 Å². The van der Waals surface area contributed by atoms with E-state index in [-0.39, 0.29) is 16.3 Å². The Hall–Kier alpha value is -1.71. The maximum absolute atomic E-state index is 13.6. The van der Waals surface area contributed by atoms with Crippen LogP contribution in [-0.4, -0.2) is 33.6 Å². The third kappa shape index (κ3) is 3.30. The SMILES string of the molecule is O=C(c1ccccc1Br)N1N=C(c2ccc(Br)cc2)C[C@]1(O)C(F)(F)F. The van der Waals surface area contributed by atoms with Gasteiger partial charge in [0.2, 0.25) is 0 Å². The summed E-state index contributed by atoms with van der Waals surface area (Å²) < 4.78 is 41.8. The lowest BCUT2D eigenvalue weighted by Gasteiger charge is -2.32. The molecule has 0 aromatic heterocycles. The number of hydrogen-bond donors (Lipinski definition) is 1. The minimum atomic E-state index is -5.08. The third-order valence-electron chi connectivity index (χ3n) is 3.91. The number of carbonyl (C=O) groups excluding carboxylic acids is 1. The van der Waals surface area contributed by atoms with Crippen molar-refractivity contribution in [1.82, 2.24) is 5.01 Å². The van der Waals surface area contributed by atoms with E-state index in [1.807, 2.05) is 0 Å². The molecule has 1 N–H and O–H groups in total. The molecule has 4 nitrogen and oxygen atoms in total. The molecule has 0 radical (unpaired) electrons. The van der Waals surface area contributed by atoms with Gasteiger partial charge >= 0.3 is 6.18 Å². The monoisotopic (exact) mass is 490 g/mol. The number of alkyl halides is 3. The summed E-state index contributed by atoms with van der Waals surface area (Å²) in [5.41, 5.74) is -3.09. The lowest BCUT2D eigenvalue weighted by atomic mass is 10.0. The lowest BCUT2D eigenvalue weighted by molar-refractivity contribution is -0.297. The van der Waals surface area contributed by atoms with Crippen LogP contribution < -0.4 is 0 Å². The molecule has 1 aliphatic heterocycles. The molecule has 1 amide bonds. The number of nitrogens with zero attached hydrogens (tertiary/aromatic N) is 2. The van der Waals surface area contributed by atoms with Crippen LogP contribution in [0.5, 0.6) is 0 Å². The van der Waals surface area contributed by atoms with Crippen LogP contribution in [0.2, 0.25) is 0 Å². The van der Waals surface area contributed by atoms with Crippen molar-refractivity contribution in [2.45, 2.75) is 18.3 Å². The fourth-order valence-electron chi connectivity index (χ4n) is 2.53. The first-order valence-corrected chi connectivity index (χ1v) is 8.94. The Balaban J connectivity index is 2.07. The third-order valence-corrected chi connectivity index (χ3v) is 5.13. The van der Waals surface area contributed by atoms with E-state index in [0.717, 1.165) is 4.47 Å². The van der Waals surface area contributed by atoms with Crippen molar-refractivity contribution in [1.29, 1.82) is 0 Å². The summed E-state index contributed by atoms with van der Waals surface area (Å²) in [5, 5.41) is 14.3. The number of halogens is 5. The molecule has 136 valence electrons. The zero-order chi connectivity index (χ0) is 19.1. The average Bonchev–Trinajstić information content (AvgIpc) is 2.94. The van der Waals surface area contributed by atoms with Crippen molar-refractivity contribution >= 4 is 43.5 Å². The van der Waals surface area contributed by atoms with Crippen LogP contribution in [0.15, 0.2) is 62.6 Å². The van der Waals surface area contributed by atoms with Gasteiger partial charge in [-0.25, -0.2) is 0 Å². The Kier molecular flexibility index (Phi) is 4.98. The van der Waals surface area contributed by atoms with Crippen molar-refractivity contribution in [3.05, 3.63) is 68.6 Å². The Labute approximate surface area is 163 Å². The smallest absolute Gasteiger partial charge is 0.362 e. The number of hydrogen-bond acceptors (Lipinski definition) is 3. The zero-order valence-electron chi connectivity index (χ0n) is 13.0. The van der Waals surface area contributed by atoms with E-state index in [0.29, 0.717) is 10.0 Å². The molecule has 0 unspecified atom stereocenters. The second kappa shape index (κ2) is 6.79. The van der Waals surface area contributed by atoms with Gasteiger partial charge in [-0.3, -0.25) is 4.79 Å². The zero-order valence-corrected chi connectivity index (χ0v) is 16.1. The van der Waals surface area contributed by atoms with Crippen LogP contribution in [0.4, 0.5) is 13.2 Å². The number of benzene rings is 2. The highest BCUT2D eigenvalue weighted by atomic mass is 79.9. The molecule has 1 atom stereocenters. The number of carbonyl (C=O) groups is 1. The molecule has 1 aliphatic rings. The highest BCUT2D eigenvalue weighted by Gasteiger charge is 2.63. The van der Waals surface area contributed by atoms with E-state index in [1.165, 1.54) is 18.2 Å². The average molecular weight is 492 g/mol. The van der Waals surface area contributed by atoms with E-state index in [1.54, 1.807) is 30.3 Å². The van der Waals surface area contributed by atoms with Crippen LogP contribution >= 0.6 is 31.9 Å². The lowest BCUT2D eigenvalue weighted by Crippen LogP contribution is -2.56. The van der Waals surface area contributed by atoms with Crippen LogP contribution in [0.3, 0.4) is 0 Å². The predicted octanol–water partition coefficient (Wildman–Crippen LogP) is 4.71. The first-order valence-electron chi connectivity index (χ1n) is 7.35. The minimum Gasteiger partial charge on any atom is -0.362 e. The first-order chi connectivity index (χ1) is 12.1. The largest absolute Gasteiger partial charge is 0.438 e. The standard InChI is InChI=1S/C17H11Br2F3N2O2/c18-11-7-5-10(6-8-11)14-9-16(26,17(20,21)22)24(23-14)15(25)12-3-1-2-4-13(12)19/h1-8,26H,9H2/t16-/m0/s1. The van der Waals surface area contributed by atoms with Crippen LogP contribution in [0, 0.1) is 0 Å². The predicted molar refractivity (Wildman–Crippen MR) is 96.6 cm³/mol. The van der Waals surface area contributed by atoms with Gasteiger partial charge in [0.05, 0.1) is 17.7 Å². The van der Waals surface area contributed by atoms with E-state index in [4.69, 9.17) is 0 Å². The molecule has 0 spiro atoms. The van der Waals surface area contributed by atoms with E-state index < -0.39 is 24.2 Å². The highest BCUT2D eigenvalue weighted by Crippen LogP contribution is 2.42. The Morgan fingerprint density at radius 1 is 1.12 bits per heavy atom. The number of rotatable bonds is 2. The van der Waals surface area contributed by atoms with Crippen molar-refractivity contribution < 1.29 is 23.1 Å². The van der Waals surface area contributed by atoms with E-state index in [9.17, 15) is 23.1 Å². The quantitative estimate of drug-likeness (QED) is 0.661. The summed E-state index contributed by atoms with van der Waals surface area (Å²) in [7, 11) is 0. The summed E-state index contributed by atoms with van der Waals surface area (Å²) in [5.74, 6) is -1.05. The molecule has 26 heavy (non-hydrogen) atoms. The maximum atomic E-state index is 13.6. The Morgan fingerprint density at radius 3 is 2.31 bits per heavy atom. The second-order valence-electron chi connectivity index (χ2n) is 5.64. The number of aliphatic hydroxyl groups is 1. The molecule has 0 saturated carbocycles. The van der Waals surface area contributed by atoms with Gasteiger partial charge in [-0.05, 0) is 45.8 Å². The van der Waals surface area contributed by atoms with Gasteiger partial charge in [0.15, 0.2) is 0 Å². The van der Waals surface area contributed by atoms with E-state index >= 15 is 0 Å². The summed E-state index contributed by atoms with van der Waals surface area (Å²) in [6.45, 7) is 0. The Bertz CT molecular complexity index is 884. The van der Waals surface area contributed by atoms with Crippen LogP contribution in [0.25, 0.3) is 0 Å². The van der Waals surface area contributed by atoms with Crippen LogP contribution in [0.1, 0.15) is 22.3 Å². The molecule has 3 rings (SSSR count). The summed E-state index contributed by atoms with van der Waals surface area (Å²) in [6, 6.07) is 12.4. The van der Waals surface area contributed by atoms with Gasteiger partial charge < -0.3 is 5.11 Å². The molecule has 0 aliphatic carbocycles. The van der Waals surface area contributed by atoms with Gasteiger partial charge in [-0.1, -0.05) is 40.2 Å². The van der Waals surface area contributed by atoms with Crippen molar-refractivity contribution in [3.63, 3.8) is 0 Å². The van der Waals surface area contributed by atoms with Crippen LogP contribution in [-0.2, 0) is 0 Å². The molecule has 2 aromatic carbocycles. The van der Waals surface area contributed by atoms with Crippen molar-refractivity contribution in [3.8, 4) is 0 Å². The normalized spacial score (nSPS) is 20.2. The topological polar surface area (TPSA) is 52.9 Å². The highest BCUT2D eigenvalue weighted by molar-refractivity contribution is 9.10. The minimum absolute atomic E-state index is 0.0299.